The Labute approximate surface area is 177 Å². The van der Waals surface area contributed by atoms with Crippen molar-refractivity contribution in [1.29, 1.82) is 0 Å². The number of hydrogen-bond donors (Lipinski definition) is 0. The Morgan fingerprint density at radius 3 is 1.32 bits per heavy atom. The molecular weight excluding hydrogens is 336 g/mol. The minimum atomic E-state index is 0.790. The Morgan fingerprint density at radius 1 is 0.464 bits per heavy atom. The van der Waals surface area contributed by atoms with E-state index in [4.69, 9.17) is 0 Å². The molecule has 0 amide bonds. The molecule has 28 heavy (non-hydrogen) atoms. The maximum absolute atomic E-state index is 2.33. The van der Waals surface area contributed by atoms with Gasteiger partial charge in [0.1, 0.15) is 0 Å². The average molecular weight is 387 g/mol. The van der Waals surface area contributed by atoms with Crippen molar-refractivity contribution >= 4 is 0 Å². The van der Waals surface area contributed by atoms with Gasteiger partial charge in [-0.2, -0.15) is 0 Å². The molecular formula is C28H50. The lowest BCUT2D eigenvalue weighted by Gasteiger charge is -2.16. The summed E-state index contributed by atoms with van der Waals surface area (Å²) in [5, 5.41) is 0. The van der Waals surface area contributed by atoms with Gasteiger partial charge in [0, 0.05) is 0 Å². The average Bonchev–Trinajstić information content (AvgIpc) is 2.73. The first-order chi connectivity index (χ1) is 13.9. The SMILES string of the molecule is CCCCCCCCCCCCCCCCCCC(CCC)c1ccccc1. The zero-order valence-electron chi connectivity index (χ0n) is 19.4. The van der Waals surface area contributed by atoms with Gasteiger partial charge in [0.15, 0.2) is 0 Å². The van der Waals surface area contributed by atoms with Gasteiger partial charge in [-0.25, -0.2) is 0 Å². The van der Waals surface area contributed by atoms with E-state index in [2.05, 4.69) is 44.2 Å². The molecule has 1 atom stereocenters. The fourth-order valence-electron chi connectivity index (χ4n) is 4.49. The summed E-state index contributed by atoms with van der Waals surface area (Å²) >= 11 is 0. The third kappa shape index (κ3) is 14.3. The van der Waals surface area contributed by atoms with Gasteiger partial charge in [0.05, 0.1) is 0 Å². The lowest BCUT2D eigenvalue weighted by atomic mass is 9.89. The van der Waals surface area contributed by atoms with E-state index < -0.39 is 0 Å². The predicted molar refractivity (Wildman–Crippen MR) is 128 cm³/mol. The molecule has 1 rings (SSSR count). The summed E-state index contributed by atoms with van der Waals surface area (Å²) in [4.78, 5) is 0. The van der Waals surface area contributed by atoms with Crippen molar-refractivity contribution in [3.63, 3.8) is 0 Å². The van der Waals surface area contributed by atoms with Crippen LogP contribution in [-0.4, -0.2) is 0 Å². The van der Waals surface area contributed by atoms with Gasteiger partial charge >= 0.3 is 0 Å². The highest BCUT2D eigenvalue weighted by molar-refractivity contribution is 5.19. The number of unbranched alkanes of at least 4 members (excludes halogenated alkanes) is 15. The summed E-state index contributed by atoms with van der Waals surface area (Å²) in [5.74, 6) is 0.790. The van der Waals surface area contributed by atoms with Crippen molar-refractivity contribution < 1.29 is 0 Å². The highest BCUT2D eigenvalue weighted by Crippen LogP contribution is 2.27. The van der Waals surface area contributed by atoms with Crippen molar-refractivity contribution in [2.24, 2.45) is 0 Å². The molecule has 0 aliphatic heterocycles. The molecule has 1 aromatic rings. The van der Waals surface area contributed by atoms with Crippen molar-refractivity contribution in [1.82, 2.24) is 0 Å². The molecule has 0 aliphatic rings. The van der Waals surface area contributed by atoms with Gasteiger partial charge in [0.2, 0.25) is 0 Å². The summed E-state index contributed by atoms with van der Waals surface area (Å²) in [6.07, 6.45) is 27.3. The Morgan fingerprint density at radius 2 is 0.893 bits per heavy atom. The topological polar surface area (TPSA) is 0 Å². The zero-order valence-corrected chi connectivity index (χ0v) is 19.4. The molecule has 162 valence electrons. The first kappa shape index (κ1) is 25.3. The minimum Gasteiger partial charge on any atom is -0.0654 e. The summed E-state index contributed by atoms with van der Waals surface area (Å²) < 4.78 is 0. The second-order valence-corrected chi connectivity index (χ2v) is 8.99. The van der Waals surface area contributed by atoms with Gasteiger partial charge in [-0.3, -0.25) is 0 Å². The van der Waals surface area contributed by atoms with Crippen LogP contribution in [0.2, 0.25) is 0 Å². The number of benzene rings is 1. The van der Waals surface area contributed by atoms with E-state index in [1.54, 1.807) is 5.56 Å². The van der Waals surface area contributed by atoms with Crippen LogP contribution in [0.1, 0.15) is 147 Å². The molecule has 0 radical (unpaired) electrons. The van der Waals surface area contributed by atoms with E-state index in [1.807, 2.05) is 0 Å². The van der Waals surface area contributed by atoms with E-state index in [0.29, 0.717) is 0 Å². The first-order valence-corrected chi connectivity index (χ1v) is 12.9. The highest BCUT2D eigenvalue weighted by Gasteiger charge is 2.09. The molecule has 0 fully saturated rings. The second kappa shape index (κ2) is 19.5. The largest absolute Gasteiger partial charge is 0.0654 e. The quantitative estimate of drug-likeness (QED) is 0.195. The maximum Gasteiger partial charge on any atom is -0.0162 e. The Bertz CT molecular complexity index is 407. The predicted octanol–water partition coefficient (Wildman–Crippen LogP) is 10.2. The van der Waals surface area contributed by atoms with E-state index in [0.717, 1.165) is 5.92 Å². The molecule has 0 heterocycles. The Balaban J connectivity index is 1.86. The van der Waals surface area contributed by atoms with Crippen LogP contribution in [0.25, 0.3) is 0 Å². The van der Waals surface area contributed by atoms with Gasteiger partial charge in [0.25, 0.3) is 0 Å². The summed E-state index contributed by atoms with van der Waals surface area (Å²) in [7, 11) is 0. The van der Waals surface area contributed by atoms with Crippen molar-refractivity contribution in [2.45, 2.75) is 142 Å². The summed E-state index contributed by atoms with van der Waals surface area (Å²) in [6, 6.07) is 11.2. The standard InChI is InChI=1S/C28H50/c1-3-5-6-7-8-9-10-11-12-13-14-15-16-17-18-20-24-27(23-4-2)28-25-21-19-22-26-28/h19,21-22,25-27H,3-18,20,23-24H2,1-2H3. The molecule has 0 aliphatic carbocycles. The fourth-order valence-corrected chi connectivity index (χ4v) is 4.49. The third-order valence-corrected chi connectivity index (χ3v) is 6.31. The Hall–Kier alpha value is -0.780. The maximum atomic E-state index is 2.33. The second-order valence-electron chi connectivity index (χ2n) is 8.99. The van der Waals surface area contributed by atoms with Crippen LogP contribution < -0.4 is 0 Å². The monoisotopic (exact) mass is 386 g/mol. The smallest absolute Gasteiger partial charge is 0.0162 e. The van der Waals surface area contributed by atoms with Crippen LogP contribution in [0.15, 0.2) is 30.3 Å². The Kier molecular flexibility index (Phi) is 17.6. The molecule has 0 spiro atoms. The molecule has 0 saturated heterocycles. The molecule has 0 heteroatoms. The van der Waals surface area contributed by atoms with Gasteiger partial charge in [-0.1, -0.05) is 153 Å². The van der Waals surface area contributed by atoms with Crippen LogP contribution in [-0.2, 0) is 0 Å². The van der Waals surface area contributed by atoms with Crippen LogP contribution in [0, 0.1) is 0 Å². The van der Waals surface area contributed by atoms with Crippen LogP contribution in [0.4, 0.5) is 0 Å². The lowest BCUT2D eigenvalue weighted by molar-refractivity contribution is 0.501. The molecule has 1 unspecified atom stereocenters. The van der Waals surface area contributed by atoms with Crippen LogP contribution in [0.5, 0.6) is 0 Å². The van der Waals surface area contributed by atoms with Gasteiger partial charge < -0.3 is 0 Å². The zero-order chi connectivity index (χ0) is 20.1. The lowest BCUT2D eigenvalue weighted by Crippen LogP contribution is -1.98. The normalized spacial score (nSPS) is 12.4. The highest BCUT2D eigenvalue weighted by atomic mass is 14.1. The first-order valence-electron chi connectivity index (χ1n) is 12.9. The van der Waals surface area contributed by atoms with Crippen molar-refractivity contribution in [2.75, 3.05) is 0 Å². The van der Waals surface area contributed by atoms with Crippen molar-refractivity contribution in [3.05, 3.63) is 35.9 Å². The van der Waals surface area contributed by atoms with Gasteiger partial charge in [-0.15, -0.1) is 0 Å². The van der Waals surface area contributed by atoms with Crippen molar-refractivity contribution in [3.8, 4) is 0 Å². The minimum absolute atomic E-state index is 0.790. The van der Waals surface area contributed by atoms with E-state index in [9.17, 15) is 0 Å². The molecule has 0 bridgehead atoms. The molecule has 0 N–H and O–H groups in total. The molecule has 0 nitrogen and oxygen atoms in total. The molecule has 1 aromatic carbocycles. The summed E-state index contributed by atoms with van der Waals surface area (Å²) in [5.41, 5.74) is 1.56. The van der Waals surface area contributed by atoms with Crippen LogP contribution in [0.3, 0.4) is 0 Å². The number of hydrogen-bond acceptors (Lipinski definition) is 0. The van der Waals surface area contributed by atoms with E-state index >= 15 is 0 Å². The van der Waals surface area contributed by atoms with Gasteiger partial charge in [-0.05, 0) is 24.3 Å². The molecule has 0 saturated carbocycles. The summed E-state index contributed by atoms with van der Waals surface area (Å²) in [6.45, 7) is 4.62. The van der Waals surface area contributed by atoms with E-state index in [1.165, 1.54) is 122 Å². The van der Waals surface area contributed by atoms with Crippen LogP contribution >= 0.6 is 0 Å². The fraction of sp³-hybridized carbons (Fsp3) is 0.786. The third-order valence-electron chi connectivity index (χ3n) is 6.31. The number of rotatable bonds is 20. The molecule has 0 aromatic heterocycles. The van der Waals surface area contributed by atoms with E-state index in [-0.39, 0.29) is 0 Å².